The van der Waals surface area contributed by atoms with Gasteiger partial charge in [-0.15, -0.1) is 0 Å². The number of hydrogen-bond donors (Lipinski definition) is 2. The van der Waals surface area contributed by atoms with Gasteiger partial charge in [-0.3, -0.25) is 4.79 Å². The summed E-state index contributed by atoms with van der Waals surface area (Å²) < 4.78 is 10.7. The van der Waals surface area contributed by atoms with E-state index >= 15 is 0 Å². The normalized spacial score (nSPS) is 9.82. The van der Waals surface area contributed by atoms with Gasteiger partial charge in [-0.1, -0.05) is 6.07 Å². The van der Waals surface area contributed by atoms with Crippen LogP contribution < -0.4 is 20.5 Å². The van der Waals surface area contributed by atoms with Crippen molar-refractivity contribution in [2.45, 2.75) is 13.0 Å². The van der Waals surface area contributed by atoms with Crippen LogP contribution in [0.5, 0.6) is 11.5 Å². The van der Waals surface area contributed by atoms with E-state index in [4.69, 9.17) is 15.2 Å². The highest BCUT2D eigenvalue weighted by molar-refractivity contribution is 5.75. The van der Waals surface area contributed by atoms with Crippen LogP contribution in [0.15, 0.2) is 18.2 Å². The van der Waals surface area contributed by atoms with Crippen LogP contribution in [0.4, 0.5) is 0 Å². The summed E-state index contributed by atoms with van der Waals surface area (Å²) in [6.07, 6.45) is 0.312. The summed E-state index contributed by atoms with van der Waals surface area (Å²) in [5.41, 5.74) is 6.51. The summed E-state index contributed by atoms with van der Waals surface area (Å²) in [7, 11) is 3.17. The largest absolute Gasteiger partial charge is 0.493 e. The summed E-state index contributed by atoms with van der Waals surface area (Å²) in [5.74, 6) is 1.19. The Balaban J connectivity index is 2.64. The van der Waals surface area contributed by atoms with E-state index in [2.05, 4.69) is 5.32 Å². The minimum atomic E-state index is -0.0565. The second-order valence-corrected chi connectivity index (χ2v) is 3.46. The van der Waals surface area contributed by atoms with Crippen LogP contribution in [0.3, 0.4) is 0 Å². The van der Waals surface area contributed by atoms with Crippen LogP contribution in [-0.4, -0.2) is 26.7 Å². The average Bonchev–Trinajstić information content (AvgIpc) is 2.38. The van der Waals surface area contributed by atoms with Gasteiger partial charge in [-0.05, 0) is 17.7 Å². The molecule has 0 saturated carbocycles. The molecule has 0 spiro atoms. The number of nitrogens with two attached hydrogens (primary N) is 1. The molecule has 0 saturated heterocycles. The van der Waals surface area contributed by atoms with Gasteiger partial charge in [0.2, 0.25) is 5.91 Å². The SMILES string of the molecule is CNC(=O)CCOc1cc(CN)ccc1OC. The molecule has 0 aliphatic heterocycles. The highest BCUT2D eigenvalue weighted by Crippen LogP contribution is 2.27. The lowest BCUT2D eigenvalue weighted by Crippen LogP contribution is -2.20. The van der Waals surface area contributed by atoms with E-state index in [0.717, 1.165) is 5.56 Å². The van der Waals surface area contributed by atoms with Gasteiger partial charge >= 0.3 is 0 Å². The zero-order valence-corrected chi connectivity index (χ0v) is 10.2. The molecular weight excluding hydrogens is 220 g/mol. The number of benzene rings is 1. The fraction of sp³-hybridized carbons (Fsp3) is 0.417. The van der Waals surface area contributed by atoms with Crippen molar-refractivity contribution in [3.63, 3.8) is 0 Å². The quantitative estimate of drug-likeness (QED) is 0.764. The van der Waals surface area contributed by atoms with Crippen LogP contribution in [0.2, 0.25) is 0 Å². The number of amides is 1. The molecule has 0 unspecified atom stereocenters. The fourth-order valence-electron chi connectivity index (χ4n) is 1.34. The van der Waals surface area contributed by atoms with Crippen LogP contribution >= 0.6 is 0 Å². The lowest BCUT2D eigenvalue weighted by Gasteiger charge is -2.11. The van der Waals surface area contributed by atoms with Crippen molar-refractivity contribution >= 4 is 5.91 Å². The molecule has 0 aliphatic carbocycles. The Hall–Kier alpha value is -1.75. The molecule has 1 aromatic rings. The molecule has 0 bridgehead atoms. The van der Waals surface area contributed by atoms with Gasteiger partial charge in [-0.25, -0.2) is 0 Å². The van der Waals surface area contributed by atoms with E-state index in [1.807, 2.05) is 12.1 Å². The van der Waals surface area contributed by atoms with Gasteiger partial charge < -0.3 is 20.5 Å². The second kappa shape index (κ2) is 6.75. The summed E-state index contributed by atoms with van der Waals surface area (Å²) >= 11 is 0. The Morgan fingerprint density at radius 3 is 2.76 bits per heavy atom. The fourth-order valence-corrected chi connectivity index (χ4v) is 1.34. The first-order valence-electron chi connectivity index (χ1n) is 5.41. The third kappa shape index (κ3) is 3.96. The molecule has 0 aromatic heterocycles. The number of hydrogen-bond acceptors (Lipinski definition) is 4. The Labute approximate surface area is 101 Å². The van der Waals surface area contributed by atoms with Gasteiger partial charge in [0.05, 0.1) is 20.1 Å². The van der Waals surface area contributed by atoms with E-state index < -0.39 is 0 Å². The third-order valence-electron chi connectivity index (χ3n) is 2.33. The first kappa shape index (κ1) is 13.3. The maximum atomic E-state index is 11.0. The predicted molar refractivity (Wildman–Crippen MR) is 65.1 cm³/mol. The van der Waals surface area contributed by atoms with Crippen molar-refractivity contribution in [3.05, 3.63) is 23.8 Å². The van der Waals surface area contributed by atoms with E-state index in [1.165, 1.54) is 0 Å². The molecule has 0 fully saturated rings. The Morgan fingerprint density at radius 1 is 1.41 bits per heavy atom. The molecular formula is C12H18N2O3. The molecule has 1 amide bonds. The molecule has 0 aliphatic rings. The molecule has 0 atom stereocenters. The molecule has 1 rings (SSSR count). The lowest BCUT2D eigenvalue weighted by atomic mass is 10.2. The van der Waals surface area contributed by atoms with Gasteiger partial charge in [0.15, 0.2) is 11.5 Å². The number of rotatable bonds is 6. The lowest BCUT2D eigenvalue weighted by molar-refractivity contribution is -0.121. The summed E-state index contributed by atoms with van der Waals surface area (Å²) in [6, 6.07) is 5.50. The Bertz CT molecular complexity index is 380. The predicted octanol–water partition coefficient (Wildman–Crippen LogP) is 0.669. The second-order valence-electron chi connectivity index (χ2n) is 3.46. The molecule has 5 nitrogen and oxygen atoms in total. The maximum Gasteiger partial charge on any atom is 0.223 e. The van der Waals surface area contributed by atoms with Crippen molar-refractivity contribution < 1.29 is 14.3 Å². The molecule has 94 valence electrons. The first-order valence-corrected chi connectivity index (χ1v) is 5.41. The van der Waals surface area contributed by atoms with E-state index in [1.54, 1.807) is 20.2 Å². The monoisotopic (exact) mass is 238 g/mol. The highest BCUT2D eigenvalue weighted by Gasteiger charge is 2.06. The smallest absolute Gasteiger partial charge is 0.223 e. The average molecular weight is 238 g/mol. The zero-order chi connectivity index (χ0) is 12.7. The van der Waals surface area contributed by atoms with Crippen molar-refractivity contribution in [1.82, 2.24) is 5.32 Å². The third-order valence-corrected chi connectivity index (χ3v) is 2.33. The van der Waals surface area contributed by atoms with Gasteiger partial charge in [0.1, 0.15) is 0 Å². The van der Waals surface area contributed by atoms with Gasteiger partial charge in [-0.2, -0.15) is 0 Å². The van der Waals surface area contributed by atoms with Crippen LogP contribution in [-0.2, 0) is 11.3 Å². The molecule has 0 heterocycles. The number of carbonyl (C=O) groups is 1. The minimum Gasteiger partial charge on any atom is -0.493 e. The molecule has 5 heteroatoms. The van der Waals surface area contributed by atoms with E-state index in [-0.39, 0.29) is 5.91 Å². The van der Waals surface area contributed by atoms with Gasteiger partial charge in [0.25, 0.3) is 0 Å². The summed E-state index contributed by atoms with van der Waals surface area (Å²) in [6.45, 7) is 0.750. The summed E-state index contributed by atoms with van der Waals surface area (Å²) in [4.78, 5) is 11.0. The molecule has 1 aromatic carbocycles. The van der Waals surface area contributed by atoms with Gasteiger partial charge in [0, 0.05) is 13.6 Å². The van der Waals surface area contributed by atoms with Crippen LogP contribution in [0, 0.1) is 0 Å². The van der Waals surface area contributed by atoms with Crippen LogP contribution in [0.1, 0.15) is 12.0 Å². The molecule has 17 heavy (non-hydrogen) atoms. The first-order chi connectivity index (χ1) is 8.21. The number of nitrogens with one attached hydrogen (secondary N) is 1. The molecule has 0 radical (unpaired) electrons. The van der Waals surface area contributed by atoms with Crippen molar-refractivity contribution in [2.75, 3.05) is 20.8 Å². The number of methoxy groups -OCH3 is 1. The highest BCUT2D eigenvalue weighted by atomic mass is 16.5. The number of ether oxygens (including phenoxy) is 2. The number of carbonyl (C=O) groups excluding carboxylic acids is 1. The summed E-state index contributed by atoms with van der Waals surface area (Å²) in [5, 5.41) is 2.53. The van der Waals surface area contributed by atoms with Crippen molar-refractivity contribution in [1.29, 1.82) is 0 Å². The van der Waals surface area contributed by atoms with Crippen molar-refractivity contribution in [2.24, 2.45) is 5.73 Å². The Kier molecular flexibility index (Phi) is 5.29. The topological polar surface area (TPSA) is 73.6 Å². The molecule has 3 N–H and O–H groups in total. The Morgan fingerprint density at radius 2 is 2.18 bits per heavy atom. The van der Waals surface area contributed by atoms with E-state index in [0.29, 0.717) is 31.1 Å². The zero-order valence-electron chi connectivity index (χ0n) is 10.2. The maximum absolute atomic E-state index is 11.0. The van der Waals surface area contributed by atoms with E-state index in [9.17, 15) is 4.79 Å². The standard InChI is InChI=1S/C12H18N2O3/c1-14-12(15)5-6-17-11-7-9(8-13)3-4-10(11)16-2/h3-4,7H,5-6,8,13H2,1-2H3,(H,14,15). The van der Waals surface area contributed by atoms with Crippen molar-refractivity contribution in [3.8, 4) is 11.5 Å². The van der Waals surface area contributed by atoms with Crippen LogP contribution in [0.25, 0.3) is 0 Å². The minimum absolute atomic E-state index is 0.0565.